The smallest absolute Gasteiger partial charge is 0.231 e. The van der Waals surface area contributed by atoms with Crippen molar-refractivity contribution < 1.29 is 4.79 Å². The van der Waals surface area contributed by atoms with Gasteiger partial charge in [0.25, 0.3) is 0 Å². The normalized spacial score (nSPS) is 10.3. The van der Waals surface area contributed by atoms with Gasteiger partial charge in [-0.25, -0.2) is 4.98 Å². The number of aryl methyl sites for hydroxylation is 2. The Balaban J connectivity index is 2.11. The zero-order chi connectivity index (χ0) is 14.7. The van der Waals surface area contributed by atoms with Crippen LogP contribution in [0.25, 0.3) is 0 Å². The number of aromatic nitrogens is 1. The molecule has 0 aliphatic heterocycles. The minimum Gasteiger partial charge on any atom is -0.384 e. The first-order valence-corrected chi connectivity index (χ1v) is 6.51. The molecule has 0 atom stereocenters. The third-order valence-electron chi connectivity index (χ3n) is 3.46. The van der Waals surface area contributed by atoms with E-state index < -0.39 is 0 Å². The van der Waals surface area contributed by atoms with E-state index in [1.54, 1.807) is 30.3 Å². The standard InChI is InChI=1S/C16H19N3O/c1-11-4-5-13(8-12(11)2)9-16(20)19(3)14-6-7-15(17)18-10-14/h4-8,10H,9H2,1-3H3,(H2,17,18). The molecule has 1 aromatic heterocycles. The first kappa shape index (κ1) is 14.1. The van der Waals surface area contributed by atoms with Crippen molar-refractivity contribution in [2.75, 3.05) is 17.7 Å². The van der Waals surface area contributed by atoms with Crippen LogP contribution in [0.2, 0.25) is 0 Å². The highest BCUT2D eigenvalue weighted by Gasteiger charge is 2.12. The van der Waals surface area contributed by atoms with Crippen LogP contribution < -0.4 is 10.6 Å². The fraction of sp³-hybridized carbons (Fsp3) is 0.250. The number of carbonyl (C=O) groups is 1. The molecular formula is C16H19N3O. The molecule has 1 heterocycles. The van der Waals surface area contributed by atoms with Crippen LogP contribution in [-0.2, 0) is 11.2 Å². The van der Waals surface area contributed by atoms with E-state index in [0.717, 1.165) is 11.3 Å². The summed E-state index contributed by atoms with van der Waals surface area (Å²) in [5.41, 5.74) is 9.74. The number of carbonyl (C=O) groups excluding carboxylic acids is 1. The van der Waals surface area contributed by atoms with Crippen LogP contribution in [-0.4, -0.2) is 17.9 Å². The highest BCUT2D eigenvalue weighted by atomic mass is 16.2. The molecule has 0 fully saturated rings. The molecule has 0 aliphatic rings. The zero-order valence-corrected chi connectivity index (χ0v) is 12.1. The molecule has 4 nitrogen and oxygen atoms in total. The molecule has 104 valence electrons. The average molecular weight is 269 g/mol. The Hall–Kier alpha value is -2.36. The van der Waals surface area contributed by atoms with Crippen LogP contribution in [0, 0.1) is 13.8 Å². The topological polar surface area (TPSA) is 59.2 Å². The van der Waals surface area contributed by atoms with Crippen LogP contribution in [0.1, 0.15) is 16.7 Å². The van der Waals surface area contributed by atoms with Crippen molar-refractivity contribution in [1.82, 2.24) is 4.98 Å². The summed E-state index contributed by atoms with van der Waals surface area (Å²) in [4.78, 5) is 17.9. The van der Waals surface area contributed by atoms with Crippen LogP contribution in [0.3, 0.4) is 0 Å². The maximum Gasteiger partial charge on any atom is 0.231 e. The maximum absolute atomic E-state index is 12.3. The van der Waals surface area contributed by atoms with Crippen LogP contribution in [0.15, 0.2) is 36.5 Å². The van der Waals surface area contributed by atoms with E-state index in [1.807, 2.05) is 12.1 Å². The quantitative estimate of drug-likeness (QED) is 0.931. The number of nitrogen functional groups attached to an aromatic ring is 1. The Bertz CT molecular complexity index is 620. The molecule has 4 heteroatoms. The fourth-order valence-electron chi connectivity index (χ4n) is 1.95. The number of likely N-dealkylation sites (N-methyl/N-ethyl adjacent to an activating group) is 1. The third-order valence-corrected chi connectivity index (χ3v) is 3.46. The second-order valence-electron chi connectivity index (χ2n) is 4.99. The van der Waals surface area contributed by atoms with Gasteiger partial charge in [-0.05, 0) is 42.7 Å². The predicted octanol–water partition coefficient (Wildman–Crippen LogP) is 2.49. The van der Waals surface area contributed by atoms with Crippen molar-refractivity contribution in [3.8, 4) is 0 Å². The number of nitrogens with zero attached hydrogens (tertiary/aromatic N) is 2. The van der Waals surface area contributed by atoms with E-state index in [-0.39, 0.29) is 5.91 Å². The van der Waals surface area contributed by atoms with E-state index in [2.05, 4.69) is 24.9 Å². The summed E-state index contributed by atoms with van der Waals surface area (Å²) >= 11 is 0. The number of amides is 1. The van der Waals surface area contributed by atoms with E-state index in [1.165, 1.54) is 11.1 Å². The van der Waals surface area contributed by atoms with Gasteiger partial charge in [-0.1, -0.05) is 18.2 Å². The molecule has 0 bridgehead atoms. The summed E-state index contributed by atoms with van der Waals surface area (Å²) in [6.45, 7) is 4.12. The Morgan fingerprint density at radius 1 is 1.20 bits per heavy atom. The van der Waals surface area contributed by atoms with Crippen molar-refractivity contribution in [1.29, 1.82) is 0 Å². The molecule has 0 aliphatic carbocycles. The second kappa shape index (κ2) is 5.74. The van der Waals surface area contributed by atoms with Gasteiger partial charge in [0.1, 0.15) is 5.82 Å². The molecule has 0 saturated heterocycles. The van der Waals surface area contributed by atoms with Gasteiger partial charge in [-0.3, -0.25) is 4.79 Å². The lowest BCUT2D eigenvalue weighted by Gasteiger charge is -2.17. The van der Waals surface area contributed by atoms with Gasteiger partial charge >= 0.3 is 0 Å². The summed E-state index contributed by atoms with van der Waals surface area (Å²) in [6, 6.07) is 9.58. The van der Waals surface area contributed by atoms with Crippen LogP contribution in [0.4, 0.5) is 11.5 Å². The molecule has 1 amide bonds. The number of hydrogen-bond donors (Lipinski definition) is 1. The largest absolute Gasteiger partial charge is 0.384 e. The monoisotopic (exact) mass is 269 g/mol. The second-order valence-corrected chi connectivity index (χ2v) is 4.99. The molecule has 20 heavy (non-hydrogen) atoms. The average Bonchev–Trinajstić information content (AvgIpc) is 2.43. The van der Waals surface area contributed by atoms with Gasteiger partial charge < -0.3 is 10.6 Å². The first-order valence-electron chi connectivity index (χ1n) is 6.51. The third kappa shape index (κ3) is 3.15. The van der Waals surface area contributed by atoms with Gasteiger partial charge in [-0.2, -0.15) is 0 Å². The minimum absolute atomic E-state index is 0.0276. The van der Waals surface area contributed by atoms with E-state index in [4.69, 9.17) is 5.73 Å². The summed E-state index contributed by atoms with van der Waals surface area (Å²) in [6.07, 6.45) is 1.98. The van der Waals surface area contributed by atoms with E-state index >= 15 is 0 Å². The molecule has 2 aromatic rings. The lowest BCUT2D eigenvalue weighted by molar-refractivity contribution is -0.117. The fourth-order valence-corrected chi connectivity index (χ4v) is 1.95. The van der Waals surface area contributed by atoms with E-state index in [9.17, 15) is 4.79 Å². The molecule has 2 N–H and O–H groups in total. The minimum atomic E-state index is 0.0276. The molecule has 0 spiro atoms. The SMILES string of the molecule is Cc1ccc(CC(=O)N(C)c2ccc(N)nc2)cc1C. The van der Waals surface area contributed by atoms with Crippen molar-refractivity contribution in [2.24, 2.45) is 0 Å². The van der Waals surface area contributed by atoms with Gasteiger partial charge in [-0.15, -0.1) is 0 Å². The number of rotatable bonds is 3. The molecule has 0 radical (unpaired) electrons. The molecule has 0 saturated carbocycles. The highest BCUT2D eigenvalue weighted by molar-refractivity contribution is 5.94. The Kier molecular flexibility index (Phi) is 4.03. The van der Waals surface area contributed by atoms with Crippen LogP contribution >= 0.6 is 0 Å². The maximum atomic E-state index is 12.3. The summed E-state index contributed by atoms with van der Waals surface area (Å²) in [7, 11) is 1.75. The number of anilines is 2. The number of nitrogens with two attached hydrogens (primary N) is 1. The van der Waals surface area contributed by atoms with Gasteiger partial charge in [0.05, 0.1) is 18.3 Å². The van der Waals surface area contributed by atoms with Crippen LogP contribution in [0.5, 0.6) is 0 Å². The molecule has 1 aromatic carbocycles. The Morgan fingerprint density at radius 2 is 1.95 bits per heavy atom. The lowest BCUT2D eigenvalue weighted by atomic mass is 10.0. The summed E-state index contributed by atoms with van der Waals surface area (Å²) < 4.78 is 0. The van der Waals surface area contributed by atoms with Gasteiger partial charge in [0, 0.05) is 7.05 Å². The molecular weight excluding hydrogens is 250 g/mol. The van der Waals surface area contributed by atoms with Gasteiger partial charge in [0.2, 0.25) is 5.91 Å². The van der Waals surface area contributed by atoms with Crippen molar-refractivity contribution in [3.05, 3.63) is 53.2 Å². The highest BCUT2D eigenvalue weighted by Crippen LogP contribution is 2.15. The Morgan fingerprint density at radius 3 is 2.55 bits per heavy atom. The van der Waals surface area contributed by atoms with Crippen molar-refractivity contribution in [2.45, 2.75) is 20.3 Å². The number of benzene rings is 1. The lowest BCUT2D eigenvalue weighted by Crippen LogP contribution is -2.28. The zero-order valence-electron chi connectivity index (χ0n) is 12.1. The molecule has 2 rings (SSSR count). The Labute approximate surface area is 119 Å². The first-order chi connectivity index (χ1) is 9.47. The summed E-state index contributed by atoms with van der Waals surface area (Å²) in [5.74, 6) is 0.476. The van der Waals surface area contributed by atoms with Gasteiger partial charge in [0.15, 0.2) is 0 Å². The molecule has 0 unspecified atom stereocenters. The number of hydrogen-bond acceptors (Lipinski definition) is 3. The predicted molar refractivity (Wildman–Crippen MR) is 81.7 cm³/mol. The number of pyridine rings is 1. The van der Waals surface area contributed by atoms with E-state index in [0.29, 0.717) is 12.2 Å². The van der Waals surface area contributed by atoms with Crippen molar-refractivity contribution >= 4 is 17.4 Å². The summed E-state index contributed by atoms with van der Waals surface area (Å²) in [5, 5.41) is 0. The van der Waals surface area contributed by atoms with Crippen molar-refractivity contribution in [3.63, 3.8) is 0 Å².